The van der Waals surface area contributed by atoms with Gasteiger partial charge in [0.15, 0.2) is 0 Å². The third kappa shape index (κ3) is 7.90. The van der Waals surface area contributed by atoms with Crippen LogP contribution in [0.15, 0.2) is 0 Å². The minimum Gasteiger partial charge on any atom is -0.370 e. The summed E-state index contributed by atoms with van der Waals surface area (Å²) in [5.41, 5.74) is 2.50. The Kier molecular flexibility index (Phi) is 7.70. The quantitative estimate of drug-likeness (QED) is 0.507. The zero-order valence-electron chi connectivity index (χ0n) is 9.81. The molecule has 0 bridgehead atoms. The molecule has 0 amide bonds. The fourth-order valence-corrected chi connectivity index (χ4v) is 1.53. The predicted octanol–water partition coefficient (Wildman–Crippen LogP) is 2.22. The third-order valence-corrected chi connectivity index (χ3v) is 2.59. The molecule has 0 aliphatic carbocycles. The molecule has 0 spiro atoms. The van der Waals surface area contributed by atoms with Crippen LogP contribution in [-0.4, -0.2) is 25.4 Å². The van der Waals surface area contributed by atoms with E-state index in [2.05, 4.69) is 24.0 Å². The number of hydrazine groups is 1. The second-order valence-electron chi connectivity index (χ2n) is 3.91. The Bertz CT molecular complexity index is 172. The predicted molar refractivity (Wildman–Crippen MR) is 56.7 cm³/mol. The minimum atomic E-state index is -4.27. The highest BCUT2D eigenvalue weighted by molar-refractivity contribution is 4.68. The molecule has 98 valence electrons. The van der Waals surface area contributed by atoms with Gasteiger partial charge in [-0.25, -0.2) is 0 Å². The van der Waals surface area contributed by atoms with Gasteiger partial charge >= 0.3 is 6.18 Å². The summed E-state index contributed by atoms with van der Waals surface area (Å²) >= 11 is 0. The molecule has 0 rings (SSSR count). The topological polar surface area (TPSA) is 47.3 Å². The van der Waals surface area contributed by atoms with Crippen LogP contribution in [0.3, 0.4) is 0 Å². The van der Waals surface area contributed by atoms with Crippen molar-refractivity contribution in [3.63, 3.8) is 0 Å². The number of halogens is 3. The van der Waals surface area contributed by atoms with Gasteiger partial charge in [0.05, 0.1) is 6.61 Å². The molecule has 0 radical (unpaired) electrons. The summed E-state index contributed by atoms with van der Waals surface area (Å²) in [5.74, 6) is 5.74. The van der Waals surface area contributed by atoms with Crippen LogP contribution < -0.4 is 11.3 Å². The van der Waals surface area contributed by atoms with E-state index in [-0.39, 0.29) is 12.6 Å². The maximum atomic E-state index is 11.8. The number of ether oxygens (including phenoxy) is 1. The summed E-state index contributed by atoms with van der Waals surface area (Å²) in [7, 11) is 0. The first-order valence-electron chi connectivity index (χ1n) is 5.53. The Balaban J connectivity index is 3.83. The molecule has 1 atom stereocenters. The Morgan fingerprint density at radius 2 is 1.81 bits per heavy atom. The van der Waals surface area contributed by atoms with E-state index >= 15 is 0 Å². The van der Waals surface area contributed by atoms with Gasteiger partial charge in [-0.2, -0.15) is 13.2 Å². The molecule has 0 aromatic rings. The van der Waals surface area contributed by atoms with Crippen LogP contribution in [0.25, 0.3) is 0 Å². The molecule has 0 saturated heterocycles. The molecule has 0 fully saturated rings. The van der Waals surface area contributed by atoms with Crippen LogP contribution >= 0.6 is 0 Å². The average molecular weight is 242 g/mol. The van der Waals surface area contributed by atoms with Gasteiger partial charge in [-0.05, 0) is 12.3 Å². The molecule has 0 aromatic heterocycles. The van der Waals surface area contributed by atoms with E-state index in [0.717, 1.165) is 19.3 Å². The van der Waals surface area contributed by atoms with E-state index in [0.29, 0.717) is 5.92 Å². The van der Waals surface area contributed by atoms with Crippen LogP contribution in [0.2, 0.25) is 0 Å². The Labute approximate surface area is 94.5 Å². The van der Waals surface area contributed by atoms with Crippen molar-refractivity contribution in [2.24, 2.45) is 11.8 Å². The van der Waals surface area contributed by atoms with Gasteiger partial charge in [-0.15, -0.1) is 0 Å². The van der Waals surface area contributed by atoms with Crippen LogP contribution in [0.4, 0.5) is 13.2 Å². The summed E-state index contributed by atoms with van der Waals surface area (Å²) in [5, 5.41) is 0. The van der Waals surface area contributed by atoms with Crippen LogP contribution in [0.5, 0.6) is 0 Å². The van der Waals surface area contributed by atoms with Crippen molar-refractivity contribution in [1.29, 1.82) is 0 Å². The first-order valence-corrected chi connectivity index (χ1v) is 5.53. The number of nitrogens with two attached hydrogens (primary N) is 1. The SMILES string of the molecule is CCC(CC)CC(COCC(F)(F)F)NN. The molecule has 0 aromatic carbocycles. The van der Waals surface area contributed by atoms with E-state index in [4.69, 9.17) is 5.84 Å². The highest BCUT2D eigenvalue weighted by atomic mass is 19.4. The molecule has 6 heteroatoms. The number of hydrogen-bond donors (Lipinski definition) is 2. The Morgan fingerprint density at radius 3 is 2.19 bits per heavy atom. The van der Waals surface area contributed by atoms with Crippen molar-refractivity contribution in [3.05, 3.63) is 0 Å². The summed E-state index contributed by atoms with van der Waals surface area (Å²) in [4.78, 5) is 0. The standard InChI is InChI=1S/C10H21F3N2O/c1-3-8(4-2)5-9(15-14)6-16-7-10(11,12)13/h8-9,15H,3-7,14H2,1-2H3. The third-order valence-electron chi connectivity index (χ3n) is 2.59. The van der Waals surface area contributed by atoms with Crippen molar-refractivity contribution in [2.75, 3.05) is 13.2 Å². The van der Waals surface area contributed by atoms with Gasteiger partial charge in [0.1, 0.15) is 6.61 Å². The number of nitrogens with one attached hydrogen (secondary N) is 1. The smallest absolute Gasteiger partial charge is 0.370 e. The lowest BCUT2D eigenvalue weighted by Crippen LogP contribution is -2.40. The zero-order chi connectivity index (χ0) is 12.6. The molecular formula is C10H21F3N2O. The second-order valence-corrected chi connectivity index (χ2v) is 3.91. The summed E-state index contributed by atoms with van der Waals surface area (Å²) in [6.45, 7) is 2.89. The maximum absolute atomic E-state index is 11.8. The first kappa shape index (κ1) is 15.7. The van der Waals surface area contributed by atoms with E-state index < -0.39 is 12.8 Å². The normalized spacial score (nSPS) is 14.4. The highest BCUT2D eigenvalue weighted by Crippen LogP contribution is 2.17. The largest absolute Gasteiger partial charge is 0.411 e. The number of rotatable bonds is 8. The lowest BCUT2D eigenvalue weighted by atomic mass is 9.95. The molecule has 16 heavy (non-hydrogen) atoms. The molecule has 3 nitrogen and oxygen atoms in total. The zero-order valence-corrected chi connectivity index (χ0v) is 9.81. The fourth-order valence-electron chi connectivity index (χ4n) is 1.53. The van der Waals surface area contributed by atoms with Crippen molar-refractivity contribution < 1.29 is 17.9 Å². The van der Waals surface area contributed by atoms with Gasteiger partial charge in [-0.3, -0.25) is 11.3 Å². The lowest BCUT2D eigenvalue weighted by Gasteiger charge is -2.21. The molecule has 0 aliphatic heterocycles. The van der Waals surface area contributed by atoms with Crippen molar-refractivity contribution in [1.82, 2.24) is 5.43 Å². The van der Waals surface area contributed by atoms with Crippen molar-refractivity contribution >= 4 is 0 Å². The van der Waals surface area contributed by atoms with E-state index in [9.17, 15) is 13.2 Å². The molecule has 3 N–H and O–H groups in total. The Hall–Kier alpha value is -0.330. The summed E-state index contributed by atoms with van der Waals surface area (Å²) < 4.78 is 40.1. The van der Waals surface area contributed by atoms with Crippen LogP contribution in [0, 0.1) is 5.92 Å². The lowest BCUT2D eigenvalue weighted by molar-refractivity contribution is -0.175. The van der Waals surface area contributed by atoms with Gasteiger partial charge in [0.25, 0.3) is 0 Å². The number of hydrogen-bond acceptors (Lipinski definition) is 3. The van der Waals surface area contributed by atoms with Crippen molar-refractivity contribution in [3.8, 4) is 0 Å². The van der Waals surface area contributed by atoms with Gasteiger partial charge in [0, 0.05) is 6.04 Å². The number of alkyl halides is 3. The first-order chi connectivity index (χ1) is 7.42. The van der Waals surface area contributed by atoms with Crippen LogP contribution in [-0.2, 0) is 4.74 Å². The monoisotopic (exact) mass is 242 g/mol. The molecule has 1 unspecified atom stereocenters. The Morgan fingerprint density at radius 1 is 1.25 bits per heavy atom. The van der Waals surface area contributed by atoms with E-state index in [1.165, 1.54) is 0 Å². The summed E-state index contributed by atoms with van der Waals surface area (Å²) in [6, 6.07) is -0.216. The molecule has 0 aliphatic rings. The van der Waals surface area contributed by atoms with E-state index in [1.807, 2.05) is 0 Å². The van der Waals surface area contributed by atoms with Crippen LogP contribution in [0.1, 0.15) is 33.1 Å². The molecule has 0 saturated carbocycles. The fraction of sp³-hybridized carbons (Fsp3) is 1.00. The van der Waals surface area contributed by atoms with Crippen molar-refractivity contribution in [2.45, 2.75) is 45.3 Å². The molecule has 0 heterocycles. The van der Waals surface area contributed by atoms with Gasteiger partial charge < -0.3 is 4.74 Å². The molecular weight excluding hydrogens is 221 g/mol. The van der Waals surface area contributed by atoms with Gasteiger partial charge in [-0.1, -0.05) is 26.7 Å². The highest BCUT2D eigenvalue weighted by Gasteiger charge is 2.28. The summed E-state index contributed by atoms with van der Waals surface area (Å²) in [6.07, 6.45) is -1.54. The van der Waals surface area contributed by atoms with Gasteiger partial charge in [0.2, 0.25) is 0 Å². The van der Waals surface area contributed by atoms with E-state index in [1.54, 1.807) is 0 Å². The average Bonchev–Trinajstić information content (AvgIpc) is 2.21. The maximum Gasteiger partial charge on any atom is 0.411 e. The minimum absolute atomic E-state index is 0.00743. The second kappa shape index (κ2) is 7.86.